The molecular weight excluding hydrogens is 475 g/mol. The molecule has 7 nitrogen and oxygen atoms in total. The first kappa shape index (κ1) is 23.0. The third kappa shape index (κ3) is 5.34. The molecule has 3 aromatic carbocycles. The fraction of sp³-hybridized carbons (Fsp3) is 0.192. The Morgan fingerprint density at radius 3 is 2.69 bits per heavy atom. The zero-order valence-electron chi connectivity index (χ0n) is 20.0. The van der Waals surface area contributed by atoms with E-state index in [0.717, 1.165) is 0 Å². The lowest BCUT2D eigenvalue weighted by Gasteiger charge is -2.22. The van der Waals surface area contributed by atoms with Gasteiger partial charge in [0.15, 0.2) is 5.78 Å². The number of hydrogen-bond acceptors (Lipinski definition) is 6. The highest BCUT2D eigenvalue weighted by Crippen LogP contribution is 2.36. The molecule has 0 saturated heterocycles. The van der Waals surface area contributed by atoms with Crippen LogP contribution in [-0.2, 0) is 0 Å². The smallest absolute Gasteiger partial charge is 0.191 e. The number of anilines is 1. The lowest BCUT2D eigenvalue weighted by molar-refractivity contribution is 0.0970. The van der Waals surface area contributed by atoms with Gasteiger partial charge in [-0.15, -0.1) is 0 Å². The van der Waals surface area contributed by atoms with Gasteiger partial charge in [0.05, 0.1) is 22.2 Å². The number of halogens is 2. The Morgan fingerprint density at radius 2 is 1.94 bits per heavy atom. The van der Waals surface area contributed by atoms with E-state index in [2.05, 4.69) is 10.3 Å². The van der Waals surface area contributed by atoms with Gasteiger partial charge in [-0.1, -0.05) is 17.7 Å². The minimum Gasteiger partial charge on any atom is -0.497 e. The van der Waals surface area contributed by atoms with E-state index in [-0.39, 0.29) is 30.1 Å². The van der Waals surface area contributed by atoms with Crippen molar-refractivity contribution in [1.29, 1.82) is 0 Å². The van der Waals surface area contributed by atoms with E-state index in [4.69, 9.17) is 30.9 Å². The highest BCUT2D eigenvalue weighted by Gasteiger charge is 2.28. The standard InChI is InChI=1S/C26H24ClFN2O5/c1-33-18-11-17(12-19(13-18)35-8-7-31)30-25(21-5-3-15(27)9-24(21)34-2)26(32)22-14-29-23-10-16(28)4-6-20(22)23/h3-6,9-14,25,29-31H,7-8H2,1-2H3/t25-/m1/s1/i25D. The molecule has 0 saturated carbocycles. The minimum atomic E-state index is -2.11. The topological polar surface area (TPSA) is 92.8 Å². The summed E-state index contributed by atoms with van der Waals surface area (Å²) < 4.78 is 39.5. The van der Waals surface area contributed by atoms with Gasteiger partial charge >= 0.3 is 0 Å². The summed E-state index contributed by atoms with van der Waals surface area (Å²) in [4.78, 5) is 16.9. The van der Waals surface area contributed by atoms with E-state index in [0.29, 0.717) is 33.1 Å². The molecule has 1 atom stereocenters. The number of aromatic nitrogens is 1. The van der Waals surface area contributed by atoms with E-state index in [9.17, 15) is 10.6 Å². The summed E-state index contributed by atoms with van der Waals surface area (Å²) in [5, 5.41) is 13.0. The number of benzene rings is 3. The number of Topliss-reactive ketones (excluding diaryl/α,β-unsaturated/α-hetero) is 1. The van der Waals surface area contributed by atoms with Crippen molar-refractivity contribution in [3.05, 3.63) is 82.8 Å². The molecule has 0 bridgehead atoms. The molecule has 0 fully saturated rings. The lowest BCUT2D eigenvalue weighted by atomic mass is 9.95. The number of carbonyl (C=O) groups is 1. The van der Waals surface area contributed by atoms with E-state index in [1.54, 1.807) is 24.3 Å². The van der Waals surface area contributed by atoms with Gasteiger partial charge in [0.25, 0.3) is 0 Å². The molecule has 35 heavy (non-hydrogen) atoms. The molecule has 4 aromatic rings. The highest BCUT2D eigenvalue weighted by atomic mass is 35.5. The Labute approximate surface area is 207 Å². The van der Waals surface area contributed by atoms with Gasteiger partial charge in [-0.05, 0) is 30.3 Å². The lowest BCUT2D eigenvalue weighted by Crippen LogP contribution is -2.22. The van der Waals surface area contributed by atoms with E-state index < -0.39 is 17.6 Å². The maximum Gasteiger partial charge on any atom is 0.191 e. The predicted octanol–water partition coefficient (Wildman–Crippen LogP) is 5.38. The summed E-state index contributed by atoms with van der Waals surface area (Å²) in [6, 6.07) is 11.3. The van der Waals surface area contributed by atoms with Crippen molar-refractivity contribution in [2.75, 3.05) is 32.8 Å². The average molecular weight is 500 g/mol. The first-order valence-electron chi connectivity index (χ1n) is 11.2. The molecule has 0 aliphatic carbocycles. The largest absolute Gasteiger partial charge is 0.497 e. The van der Waals surface area contributed by atoms with Gasteiger partial charge in [-0.2, -0.15) is 0 Å². The number of hydrogen-bond donors (Lipinski definition) is 3. The average Bonchev–Trinajstić information content (AvgIpc) is 3.29. The number of nitrogens with one attached hydrogen (secondary N) is 2. The summed E-state index contributed by atoms with van der Waals surface area (Å²) in [6.07, 6.45) is 1.45. The van der Waals surface area contributed by atoms with E-state index >= 15 is 0 Å². The Hall–Kier alpha value is -3.75. The second-order valence-electron chi connectivity index (χ2n) is 7.54. The fourth-order valence-electron chi connectivity index (χ4n) is 3.69. The zero-order chi connectivity index (χ0) is 25.9. The molecule has 3 N–H and O–H groups in total. The summed E-state index contributed by atoms with van der Waals surface area (Å²) in [7, 11) is 2.89. The van der Waals surface area contributed by atoms with Crippen molar-refractivity contribution in [3.8, 4) is 17.2 Å². The van der Waals surface area contributed by atoms with Crippen LogP contribution < -0.4 is 19.5 Å². The van der Waals surface area contributed by atoms with Crippen molar-refractivity contribution >= 4 is 34.0 Å². The number of fused-ring (bicyclic) bond motifs is 1. The fourth-order valence-corrected chi connectivity index (χ4v) is 3.85. The number of aromatic amines is 1. The second-order valence-corrected chi connectivity index (χ2v) is 7.97. The summed E-state index contributed by atoms with van der Waals surface area (Å²) >= 11 is 6.15. The van der Waals surface area contributed by atoms with Crippen LogP contribution in [0.2, 0.25) is 5.02 Å². The number of carbonyl (C=O) groups excluding carboxylic acids is 1. The molecule has 9 heteroatoms. The van der Waals surface area contributed by atoms with E-state index in [1.807, 2.05) is 0 Å². The summed E-state index contributed by atoms with van der Waals surface area (Å²) in [5.41, 5.74) is 1.15. The van der Waals surface area contributed by atoms with Crippen LogP contribution in [0.25, 0.3) is 10.9 Å². The van der Waals surface area contributed by atoms with Crippen molar-refractivity contribution in [3.63, 3.8) is 0 Å². The van der Waals surface area contributed by atoms with Crippen LogP contribution in [0.1, 0.15) is 23.3 Å². The molecule has 0 aliphatic rings. The number of aliphatic hydroxyl groups excluding tert-OH is 1. The highest BCUT2D eigenvalue weighted by molar-refractivity contribution is 6.30. The quantitative estimate of drug-likeness (QED) is 0.253. The molecule has 182 valence electrons. The van der Waals surface area contributed by atoms with Gasteiger partial charge in [0.1, 0.15) is 35.7 Å². The second kappa shape index (κ2) is 10.7. The molecule has 1 heterocycles. The van der Waals surface area contributed by atoms with Crippen LogP contribution in [0.5, 0.6) is 17.2 Å². The molecular formula is C26H24ClFN2O5. The number of H-pyrrole nitrogens is 1. The molecule has 0 amide bonds. The SMILES string of the molecule is [2H][C@](Nc1cc(OC)cc(OCCO)c1)(C(=O)c1c[nH]c2cc(F)ccc12)c1ccc(Cl)cc1OC. The first-order valence-corrected chi connectivity index (χ1v) is 11.0. The van der Waals surface area contributed by atoms with Crippen molar-refractivity contribution in [1.82, 2.24) is 4.98 Å². The number of methoxy groups -OCH3 is 2. The third-order valence-corrected chi connectivity index (χ3v) is 5.53. The number of ether oxygens (including phenoxy) is 3. The molecule has 1 aromatic heterocycles. The van der Waals surface area contributed by atoms with Crippen molar-refractivity contribution < 1.29 is 29.9 Å². The monoisotopic (exact) mass is 499 g/mol. The Kier molecular flexibility index (Phi) is 7.02. The van der Waals surface area contributed by atoms with Crippen LogP contribution >= 0.6 is 11.6 Å². The van der Waals surface area contributed by atoms with Crippen LogP contribution in [0, 0.1) is 5.82 Å². The number of aliphatic hydroxyl groups is 1. The maximum atomic E-state index is 14.0. The Bertz CT molecular complexity index is 1410. The summed E-state index contributed by atoms with van der Waals surface area (Å²) in [5.74, 6) is -0.0741. The van der Waals surface area contributed by atoms with Crippen molar-refractivity contribution in [2.24, 2.45) is 0 Å². The number of rotatable bonds is 10. The predicted molar refractivity (Wildman–Crippen MR) is 133 cm³/mol. The van der Waals surface area contributed by atoms with Crippen LogP contribution in [0.15, 0.2) is 60.8 Å². The van der Waals surface area contributed by atoms with Crippen LogP contribution in [0.4, 0.5) is 10.1 Å². The molecule has 4 rings (SSSR count). The van der Waals surface area contributed by atoms with E-state index in [1.165, 1.54) is 50.7 Å². The molecule has 0 aliphatic heterocycles. The first-order chi connectivity index (χ1) is 17.3. The maximum absolute atomic E-state index is 14.0. The van der Waals surface area contributed by atoms with Gasteiger partial charge in [-0.3, -0.25) is 4.79 Å². The molecule has 0 unspecified atom stereocenters. The third-order valence-electron chi connectivity index (χ3n) is 5.29. The van der Waals surface area contributed by atoms with Gasteiger partial charge in [0.2, 0.25) is 0 Å². The minimum absolute atomic E-state index is 0.0501. The van der Waals surface area contributed by atoms with Gasteiger partial charge in [-0.25, -0.2) is 4.39 Å². The van der Waals surface area contributed by atoms with Crippen molar-refractivity contribution in [2.45, 2.75) is 6.02 Å². The summed E-state index contributed by atoms with van der Waals surface area (Å²) in [6.45, 7) is -0.140. The Balaban J connectivity index is 1.87. The zero-order valence-corrected chi connectivity index (χ0v) is 19.8. The van der Waals surface area contributed by atoms with Crippen LogP contribution in [-0.4, -0.2) is 43.3 Å². The molecule has 0 radical (unpaired) electrons. The number of ketones is 1. The van der Waals surface area contributed by atoms with Gasteiger partial charge in [0, 0.05) is 57.1 Å². The van der Waals surface area contributed by atoms with Gasteiger partial charge < -0.3 is 29.6 Å². The molecule has 0 spiro atoms. The Morgan fingerprint density at radius 1 is 1.14 bits per heavy atom. The normalized spacial score (nSPS) is 13.1. The van der Waals surface area contributed by atoms with Crippen LogP contribution in [0.3, 0.4) is 0 Å².